The Morgan fingerprint density at radius 2 is 1.67 bits per heavy atom. The molecule has 206 valence electrons. The number of aryl methyl sites for hydroxylation is 1. The first-order chi connectivity index (χ1) is 18.8. The smallest absolute Gasteiger partial charge is 0.409 e. The number of carbonyl (C=O) groups is 3. The third kappa shape index (κ3) is 6.00. The summed E-state index contributed by atoms with van der Waals surface area (Å²) in [7, 11) is 0. The molecule has 0 unspecified atom stereocenters. The Labute approximate surface area is 230 Å². The predicted molar refractivity (Wildman–Crippen MR) is 150 cm³/mol. The van der Waals surface area contributed by atoms with Crippen molar-refractivity contribution in [1.29, 1.82) is 0 Å². The van der Waals surface area contributed by atoms with Crippen LogP contribution in [-0.2, 0) is 20.9 Å². The monoisotopic (exact) mass is 530 g/mol. The van der Waals surface area contributed by atoms with Crippen LogP contribution in [0, 0.1) is 24.7 Å². The molecule has 2 saturated heterocycles. The molecular formula is C31H38N4O4. The van der Waals surface area contributed by atoms with E-state index in [0.29, 0.717) is 23.2 Å². The number of amides is 3. The van der Waals surface area contributed by atoms with E-state index < -0.39 is 18.2 Å². The van der Waals surface area contributed by atoms with Gasteiger partial charge in [-0.3, -0.25) is 24.8 Å². The number of ether oxygens (including phenoxy) is 1. The fourth-order valence-electron chi connectivity index (χ4n) is 6.07. The fourth-order valence-corrected chi connectivity index (χ4v) is 6.07. The van der Waals surface area contributed by atoms with Crippen molar-refractivity contribution in [3.8, 4) is 0 Å². The van der Waals surface area contributed by atoms with Crippen LogP contribution in [0.25, 0.3) is 0 Å². The summed E-state index contributed by atoms with van der Waals surface area (Å²) in [5.41, 5.74) is 3.92. The Hall–Kier alpha value is -3.68. The fraction of sp³-hybridized carbons (Fsp3) is 0.484. The van der Waals surface area contributed by atoms with Gasteiger partial charge >= 0.3 is 6.09 Å². The van der Waals surface area contributed by atoms with Gasteiger partial charge in [-0.05, 0) is 61.5 Å². The lowest BCUT2D eigenvalue weighted by Crippen LogP contribution is -2.51. The van der Waals surface area contributed by atoms with Gasteiger partial charge in [-0.25, -0.2) is 4.79 Å². The third-order valence-corrected chi connectivity index (χ3v) is 8.14. The zero-order valence-corrected chi connectivity index (χ0v) is 23.1. The maximum Gasteiger partial charge on any atom is 0.409 e. The minimum atomic E-state index is -1.20. The number of anilines is 1. The Morgan fingerprint density at radius 3 is 2.31 bits per heavy atom. The van der Waals surface area contributed by atoms with E-state index in [1.54, 1.807) is 0 Å². The van der Waals surface area contributed by atoms with Crippen molar-refractivity contribution in [2.45, 2.75) is 59.2 Å². The molecule has 8 nitrogen and oxygen atoms in total. The molecule has 1 aliphatic carbocycles. The lowest BCUT2D eigenvalue weighted by atomic mass is 9.84. The van der Waals surface area contributed by atoms with E-state index in [0.717, 1.165) is 29.8 Å². The highest BCUT2D eigenvalue weighted by atomic mass is 16.5. The van der Waals surface area contributed by atoms with Crippen molar-refractivity contribution < 1.29 is 19.1 Å². The number of benzodiazepines with no additional fused rings is 1. The van der Waals surface area contributed by atoms with Crippen LogP contribution < -0.4 is 10.2 Å². The van der Waals surface area contributed by atoms with E-state index in [1.807, 2.05) is 74.2 Å². The Morgan fingerprint density at radius 1 is 1.00 bits per heavy atom. The maximum atomic E-state index is 14.0. The summed E-state index contributed by atoms with van der Waals surface area (Å²) in [6.07, 6.45) is 2.74. The molecule has 6 rings (SSSR count). The van der Waals surface area contributed by atoms with Gasteiger partial charge in [0.15, 0.2) is 0 Å². The van der Waals surface area contributed by atoms with Gasteiger partial charge in [0.25, 0.3) is 5.91 Å². The quantitative estimate of drug-likeness (QED) is 0.587. The van der Waals surface area contributed by atoms with E-state index in [-0.39, 0.29) is 25.0 Å². The second kappa shape index (κ2) is 11.6. The summed E-state index contributed by atoms with van der Waals surface area (Å²) in [4.78, 5) is 48.8. The minimum absolute atomic E-state index is 0.0140. The average Bonchev–Trinajstić information content (AvgIpc) is 3.31. The van der Waals surface area contributed by atoms with Crippen molar-refractivity contribution in [2.75, 3.05) is 24.5 Å². The molecule has 8 heteroatoms. The zero-order valence-electron chi connectivity index (χ0n) is 23.1. The second-order valence-corrected chi connectivity index (χ2v) is 11.4. The van der Waals surface area contributed by atoms with E-state index in [9.17, 15) is 14.4 Å². The first-order valence-corrected chi connectivity index (χ1v) is 14.0. The summed E-state index contributed by atoms with van der Waals surface area (Å²) in [5.74, 6) is 0.552. The molecular weight excluding hydrogens is 492 g/mol. The van der Waals surface area contributed by atoms with Crippen molar-refractivity contribution in [2.24, 2.45) is 22.7 Å². The number of benzene rings is 2. The number of nitrogens with one attached hydrogen (secondary N) is 1. The molecule has 39 heavy (non-hydrogen) atoms. The third-order valence-electron chi connectivity index (χ3n) is 8.14. The van der Waals surface area contributed by atoms with Crippen LogP contribution in [0.2, 0.25) is 0 Å². The van der Waals surface area contributed by atoms with Crippen molar-refractivity contribution in [3.63, 3.8) is 0 Å². The molecule has 2 aromatic carbocycles. The number of fused-ring (bicyclic) bond motifs is 5. The lowest BCUT2D eigenvalue weighted by Gasteiger charge is -2.30. The van der Waals surface area contributed by atoms with Crippen molar-refractivity contribution in [1.82, 2.24) is 10.2 Å². The molecule has 2 bridgehead atoms. The number of hydrogen-bond donors (Lipinski definition) is 1. The number of para-hydroxylation sites is 1. The summed E-state index contributed by atoms with van der Waals surface area (Å²) in [6.45, 7) is 7.44. The lowest BCUT2D eigenvalue weighted by molar-refractivity contribution is -0.132. The largest absolute Gasteiger partial charge is 0.445 e. The van der Waals surface area contributed by atoms with E-state index in [4.69, 9.17) is 9.73 Å². The van der Waals surface area contributed by atoms with Gasteiger partial charge in [-0.15, -0.1) is 0 Å². The highest BCUT2D eigenvalue weighted by Gasteiger charge is 2.38. The molecule has 0 aromatic heterocycles. The summed E-state index contributed by atoms with van der Waals surface area (Å²) < 4.78 is 5.41. The normalized spacial score (nSPS) is 22.6. The molecule has 2 aromatic rings. The molecule has 3 amide bonds. The number of aliphatic imine (C=N–C) groups is 1. The summed E-state index contributed by atoms with van der Waals surface area (Å²) in [5, 5.41) is 2.67. The number of nitrogens with zero attached hydrogens (tertiary/aromatic N) is 3. The number of carbonyl (C=O) groups excluding carboxylic acids is 3. The van der Waals surface area contributed by atoms with Crippen molar-refractivity contribution in [3.05, 3.63) is 65.2 Å². The standard InChI is InChI=1S/C31H38N4O4/c1-20(2)27-25-11-7-8-21(3)28(25)35(18-26(36)34-16-22-12-13-23(17-34)15-14-22)30(37)29(32-27)33-31(38)39-19-24-9-5-4-6-10-24/h4-11,20,22-23,29H,12-19H2,1-3H3,(H,33,38)/t22?,23?,29-/m1/s1. The first-order valence-electron chi connectivity index (χ1n) is 14.0. The Balaban J connectivity index is 1.42. The molecule has 4 aliphatic rings. The molecule has 3 aliphatic heterocycles. The van der Waals surface area contributed by atoms with Gasteiger partial charge < -0.3 is 9.64 Å². The maximum absolute atomic E-state index is 14.0. The van der Waals surface area contributed by atoms with Crippen molar-refractivity contribution >= 4 is 29.3 Å². The van der Waals surface area contributed by atoms with Crippen LogP contribution in [0.3, 0.4) is 0 Å². The molecule has 0 radical (unpaired) electrons. The van der Waals surface area contributed by atoms with Crippen LogP contribution >= 0.6 is 0 Å². The highest BCUT2D eigenvalue weighted by Crippen LogP contribution is 2.35. The predicted octanol–water partition coefficient (Wildman–Crippen LogP) is 4.69. The van der Waals surface area contributed by atoms with Gasteiger partial charge in [0.2, 0.25) is 12.1 Å². The molecule has 1 atom stereocenters. The number of hydrogen-bond acceptors (Lipinski definition) is 5. The van der Waals surface area contributed by atoms with Gasteiger partial charge in [0, 0.05) is 24.4 Å². The van der Waals surface area contributed by atoms with Crippen LogP contribution in [0.15, 0.2) is 53.5 Å². The highest BCUT2D eigenvalue weighted by molar-refractivity contribution is 6.15. The topological polar surface area (TPSA) is 91.3 Å². The number of alkyl carbamates (subject to hydrolysis) is 1. The minimum Gasteiger partial charge on any atom is -0.445 e. The molecule has 3 fully saturated rings. The molecule has 1 saturated carbocycles. The van der Waals surface area contributed by atoms with Gasteiger partial charge in [0.05, 0.1) is 5.69 Å². The molecule has 0 spiro atoms. The Bertz CT molecular complexity index is 1240. The molecule has 3 heterocycles. The first kappa shape index (κ1) is 26.9. The van der Waals surface area contributed by atoms with E-state index >= 15 is 0 Å². The van der Waals surface area contributed by atoms with Gasteiger partial charge in [-0.1, -0.05) is 62.4 Å². The number of rotatable bonds is 6. The average molecular weight is 531 g/mol. The SMILES string of the molecule is Cc1cccc2c1N(CC(=O)N1CC3CCC(CC3)C1)C(=O)[C@@H](NC(=O)OCc1ccccc1)N=C2C(C)C. The van der Waals surface area contributed by atoms with Crippen LogP contribution in [-0.4, -0.2) is 54.3 Å². The Kier molecular flexibility index (Phi) is 8.00. The van der Waals surface area contributed by atoms with E-state index in [2.05, 4.69) is 5.32 Å². The summed E-state index contributed by atoms with van der Waals surface area (Å²) >= 11 is 0. The van der Waals surface area contributed by atoms with Crippen LogP contribution in [0.4, 0.5) is 10.5 Å². The van der Waals surface area contributed by atoms with Gasteiger partial charge in [-0.2, -0.15) is 0 Å². The van der Waals surface area contributed by atoms with E-state index in [1.165, 1.54) is 30.6 Å². The van der Waals surface area contributed by atoms with Crippen LogP contribution in [0.5, 0.6) is 0 Å². The second-order valence-electron chi connectivity index (χ2n) is 11.4. The van der Waals surface area contributed by atoms with Crippen LogP contribution in [0.1, 0.15) is 56.2 Å². The molecule has 1 N–H and O–H groups in total. The zero-order chi connectivity index (χ0) is 27.5. The van der Waals surface area contributed by atoms with Gasteiger partial charge in [0.1, 0.15) is 13.2 Å². The summed E-state index contributed by atoms with van der Waals surface area (Å²) in [6, 6.07) is 15.2.